The summed E-state index contributed by atoms with van der Waals surface area (Å²) in [4.78, 5) is 51.1. The van der Waals surface area contributed by atoms with E-state index >= 15 is 0 Å². The first-order valence-corrected chi connectivity index (χ1v) is 8.80. The van der Waals surface area contributed by atoms with Crippen LogP contribution in [0.2, 0.25) is 0 Å². The highest BCUT2D eigenvalue weighted by Crippen LogP contribution is 2.31. The molecule has 1 heterocycles. The smallest absolute Gasteiger partial charge is 0.337 e. The molecule has 138 valence electrons. The molecule has 2 atom stereocenters. The maximum Gasteiger partial charge on any atom is 0.337 e. The van der Waals surface area contributed by atoms with Gasteiger partial charge in [0.05, 0.1) is 19.2 Å². The van der Waals surface area contributed by atoms with Crippen LogP contribution in [0.5, 0.6) is 0 Å². The normalized spacial score (nSPS) is 23.5. The van der Waals surface area contributed by atoms with E-state index in [0.717, 1.165) is 35.5 Å². The number of hydrogen-bond donors (Lipinski definition) is 0. The third-order valence-corrected chi connectivity index (χ3v) is 5.20. The van der Waals surface area contributed by atoms with E-state index in [-0.39, 0.29) is 18.5 Å². The first-order valence-electron chi connectivity index (χ1n) is 8.80. The van der Waals surface area contributed by atoms with Gasteiger partial charge in [-0.25, -0.2) is 9.59 Å². The van der Waals surface area contributed by atoms with E-state index in [9.17, 15) is 19.2 Å². The fourth-order valence-electron chi connectivity index (χ4n) is 3.68. The summed E-state index contributed by atoms with van der Waals surface area (Å²) >= 11 is 0. The van der Waals surface area contributed by atoms with Gasteiger partial charge in [0.25, 0.3) is 0 Å². The number of carbonyl (C=O) groups excluding carboxylic acids is 4. The Morgan fingerprint density at radius 1 is 1.08 bits per heavy atom. The van der Waals surface area contributed by atoms with Crippen LogP contribution >= 0.6 is 0 Å². The molecule has 0 aromatic heterocycles. The van der Waals surface area contributed by atoms with Crippen LogP contribution in [0.3, 0.4) is 0 Å². The van der Waals surface area contributed by atoms with Crippen LogP contribution in [0.15, 0.2) is 24.3 Å². The zero-order chi connectivity index (χ0) is 18.8. The number of amides is 4. The number of imide groups is 2. The highest BCUT2D eigenvalue weighted by atomic mass is 16.5. The third kappa shape index (κ3) is 3.21. The van der Waals surface area contributed by atoms with Gasteiger partial charge in [-0.15, -0.1) is 0 Å². The molecule has 1 saturated heterocycles. The third-order valence-electron chi connectivity index (χ3n) is 5.20. The van der Waals surface area contributed by atoms with Gasteiger partial charge in [-0.1, -0.05) is 31.9 Å². The molecule has 0 unspecified atom stereocenters. The van der Waals surface area contributed by atoms with Crippen molar-refractivity contribution in [1.29, 1.82) is 0 Å². The number of urea groups is 1. The van der Waals surface area contributed by atoms with Crippen LogP contribution in [0.1, 0.15) is 48.5 Å². The summed E-state index contributed by atoms with van der Waals surface area (Å²) in [5.41, 5.74) is 1.04. The second kappa shape index (κ2) is 7.27. The van der Waals surface area contributed by atoms with Crippen LogP contribution in [0, 0.1) is 5.92 Å². The maximum absolute atomic E-state index is 12.7. The lowest BCUT2D eigenvalue weighted by Gasteiger charge is -2.34. The SMILES string of the molecule is COC(=O)c1ccc(CN2C(=O)C(=O)N([C@H]3CCCC[C@@H]3C)C2=O)cc1. The number of methoxy groups -OCH3 is 1. The summed E-state index contributed by atoms with van der Waals surface area (Å²) in [7, 11) is 1.30. The Morgan fingerprint density at radius 2 is 1.73 bits per heavy atom. The van der Waals surface area contributed by atoms with E-state index in [4.69, 9.17) is 0 Å². The van der Waals surface area contributed by atoms with E-state index < -0.39 is 23.8 Å². The number of ether oxygens (including phenoxy) is 1. The highest BCUT2D eigenvalue weighted by molar-refractivity contribution is 6.44. The maximum atomic E-state index is 12.7. The lowest BCUT2D eigenvalue weighted by atomic mass is 9.85. The number of esters is 1. The van der Waals surface area contributed by atoms with Crippen LogP contribution in [0.4, 0.5) is 4.79 Å². The van der Waals surface area contributed by atoms with E-state index in [2.05, 4.69) is 4.74 Å². The van der Waals surface area contributed by atoms with Crippen LogP contribution < -0.4 is 0 Å². The van der Waals surface area contributed by atoms with Crippen molar-refractivity contribution in [2.24, 2.45) is 5.92 Å². The lowest BCUT2D eigenvalue weighted by Crippen LogP contribution is -2.46. The Balaban J connectivity index is 1.76. The molecule has 0 bridgehead atoms. The Hall–Kier alpha value is -2.70. The van der Waals surface area contributed by atoms with Gasteiger partial charge in [-0.3, -0.25) is 19.4 Å². The van der Waals surface area contributed by atoms with Crippen molar-refractivity contribution >= 4 is 23.8 Å². The molecule has 4 amide bonds. The predicted octanol–water partition coefficient (Wildman–Crippen LogP) is 2.34. The lowest BCUT2D eigenvalue weighted by molar-refractivity contribution is -0.144. The van der Waals surface area contributed by atoms with Gasteiger partial charge in [0.15, 0.2) is 0 Å². The van der Waals surface area contributed by atoms with Crippen molar-refractivity contribution in [2.75, 3.05) is 7.11 Å². The minimum atomic E-state index is -0.787. The highest BCUT2D eigenvalue weighted by Gasteiger charge is 2.48. The Kier molecular flexibility index (Phi) is 5.06. The zero-order valence-electron chi connectivity index (χ0n) is 14.9. The molecule has 1 aromatic carbocycles. The van der Waals surface area contributed by atoms with E-state index in [1.807, 2.05) is 6.92 Å². The average Bonchev–Trinajstić information content (AvgIpc) is 2.86. The Bertz CT molecular complexity index is 743. The van der Waals surface area contributed by atoms with E-state index in [1.54, 1.807) is 24.3 Å². The minimum Gasteiger partial charge on any atom is -0.465 e. The summed E-state index contributed by atoms with van der Waals surface area (Å²) in [5, 5.41) is 0. The quantitative estimate of drug-likeness (QED) is 0.469. The van der Waals surface area contributed by atoms with Crippen LogP contribution in [0.25, 0.3) is 0 Å². The molecule has 1 aliphatic heterocycles. The molecule has 2 fully saturated rings. The summed E-state index contributed by atoms with van der Waals surface area (Å²) in [6.07, 6.45) is 3.73. The largest absolute Gasteiger partial charge is 0.465 e. The Labute approximate surface area is 151 Å². The monoisotopic (exact) mass is 358 g/mol. The number of hydrogen-bond acceptors (Lipinski definition) is 5. The van der Waals surface area contributed by atoms with Crippen molar-refractivity contribution < 1.29 is 23.9 Å². The molecule has 1 aromatic rings. The van der Waals surface area contributed by atoms with Gasteiger partial charge in [0.1, 0.15) is 0 Å². The molecule has 7 heteroatoms. The first kappa shape index (κ1) is 18.1. The topological polar surface area (TPSA) is 84.0 Å². The molecule has 0 N–H and O–H groups in total. The van der Waals surface area contributed by atoms with Crippen molar-refractivity contribution in [1.82, 2.24) is 9.80 Å². The average molecular weight is 358 g/mol. The molecule has 7 nitrogen and oxygen atoms in total. The van der Waals surface area contributed by atoms with Gasteiger partial charge >= 0.3 is 23.8 Å². The summed E-state index contributed by atoms with van der Waals surface area (Å²) in [6.45, 7) is 2.02. The number of nitrogens with zero attached hydrogens (tertiary/aromatic N) is 2. The van der Waals surface area contributed by atoms with Crippen LogP contribution in [-0.2, 0) is 20.9 Å². The van der Waals surface area contributed by atoms with Gasteiger partial charge in [-0.05, 0) is 36.5 Å². The molecule has 0 spiro atoms. The van der Waals surface area contributed by atoms with Crippen molar-refractivity contribution in [2.45, 2.75) is 45.2 Å². The number of benzene rings is 1. The Morgan fingerprint density at radius 3 is 2.35 bits per heavy atom. The van der Waals surface area contributed by atoms with Gasteiger partial charge in [-0.2, -0.15) is 0 Å². The fourth-order valence-corrected chi connectivity index (χ4v) is 3.68. The minimum absolute atomic E-state index is 0.00244. The van der Waals surface area contributed by atoms with Crippen molar-refractivity contribution in [3.63, 3.8) is 0 Å². The molecule has 3 rings (SSSR count). The van der Waals surface area contributed by atoms with Gasteiger partial charge in [0.2, 0.25) is 0 Å². The van der Waals surface area contributed by atoms with Crippen LogP contribution in [-0.4, -0.2) is 46.8 Å². The summed E-state index contributed by atoms with van der Waals surface area (Å²) in [5.74, 6) is -1.79. The predicted molar refractivity (Wildman–Crippen MR) is 92.0 cm³/mol. The number of rotatable bonds is 4. The molecule has 1 aliphatic carbocycles. The first-order chi connectivity index (χ1) is 12.4. The summed E-state index contributed by atoms with van der Waals surface area (Å²) in [6, 6.07) is 5.66. The number of carbonyl (C=O) groups is 4. The standard InChI is InChI=1S/C19H22N2O5/c1-12-5-3-4-6-15(12)21-17(23)16(22)20(19(21)25)11-13-7-9-14(10-8-13)18(24)26-2/h7-10,12,15H,3-6,11H2,1-2H3/t12-,15-/m0/s1. The molecule has 2 aliphatic rings. The molecule has 26 heavy (non-hydrogen) atoms. The molecular weight excluding hydrogens is 336 g/mol. The van der Waals surface area contributed by atoms with Gasteiger partial charge < -0.3 is 4.74 Å². The van der Waals surface area contributed by atoms with E-state index in [1.165, 1.54) is 7.11 Å². The zero-order valence-corrected chi connectivity index (χ0v) is 14.9. The molecular formula is C19H22N2O5. The van der Waals surface area contributed by atoms with Crippen molar-refractivity contribution in [3.05, 3.63) is 35.4 Å². The van der Waals surface area contributed by atoms with Gasteiger partial charge in [0, 0.05) is 6.04 Å². The van der Waals surface area contributed by atoms with E-state index in [0.29, 0.717) is 11.1 Å². The van der Waals surface area contributed by atoms with Crippen molar-refractivity contribution in [3.8, 4) is 0 Å². The molecule has 1 saturated carbocycles. The molecule has 0 radical (unpaired) electrons. The second-order valence-electron chi connectivity index (χ2n) is 6.87. The summed E-state index contributed by atoms with van der Waals surface area (Å²) < 4.78 is 4.64. The second-order valence-corrected chi connectivity index (χ2v) is 6.87. The fraction of sp³-hybridized carbons (Fsp3) is 0.474.